The van der Waals surface area contributed by atoms with Gasteiger partial charge in [0.05, 0.1) is 0 Å². The highest BCUT2D eigenvalue weighted by atomic mass is 19.1. The topological polar surface area (TPSA) is 40.5 Å². The molecule has 2 saturated carbocycles. The van der Waals surface area contributed by atoms with Crippen LogP contribution in [0.1, 0.15) is 50.2 Å². The van der Waals surface area contributed by atoms with Gasteiger partial charge in [-0.3, -0.25) is 0 Å². The van der Waals surface area contributed by atoms with Crippen molar-refractivity contribution in [2.75, 3.05) is 0 Å². The van der Waals surface area contributed by atoms with Crippen molar-refractivity contribution in [1.82, 2.24) is 0 Å². The first kappa shape index (κ1) is 16.0. The quantitative estimate of drug-likeness (QED) is 0.711. The summed E-state index contributed by atoms with van der Waals surface area (Å²) >= 11 is 0. The highest BCUT2D eigenvalue weighted by molar-refractivity contribution is 5.41. The van der Waals surface area contributed by atoms with Crippen molar-refractivity contribution in [3.8, 4) is 18.1 Å². The van der Waals surface area contributed by atoms with E-state index in [-0.39, 0.29) is 5.92 Å². The van der Waals surface area contributed by atoms with Crippen molar-refractivity contribution in [1.29, 1.82) is 0 Å². The van der Waals surface area contributed by atoms with Crippen LogP contribution in [0.3, 0.4) is 0 Å². The molecule has 3 aliphatic rings. The lowest BCUT2D eigenvalue weighted by Crippen LogP contribution is -2.53. The molecule has 0 aromatic heterocycles. The van der Waals surface area contributed by atoms with Crippen molar-refractivity contribution in [3.63, 3.8) is 0 Å². The summed E-state index contributed by atoms with van der Waals surface area (Å²) in [5.41, 5.74) is 0.321. The molecule has 2 fully saturated rings. The Morgan fingerprint density at radius 1 is 1.38 bits per heavy atom. The van der Waals surface area contributed by atoms with Crippen LogP contribution in [-0.2, 0) is 6.42 Å². The second-order valence-corrected chi connectivity index (χ2v) is 8.42. The highest BCUT2D eigenvalue weighted by Gasteiger charge is 2.66. The monoisotopic (exact) mass is 328 g/mol. The van der Waals surface area contributed by atoms with Gasteiger partial charge in [0.15, 0.2) is 5.60 Å². The summed E-state index contributed by atoms with van der Waals surface area (Å²) in [6.07, 6.45) is 7.14. The van der Waals surface area contributed by atoms with Gasteiger partial charge in [-0.1, -0.05) is 25.8 Å². The van der Waals surface area contributed by atoms with Gasteiger partial charge in [-0.15, -0.1) is 6.42 Å². The number of phenolic OH excluding ortho intramolecular Hbond substituents is 1. The van der Waals surface area contributed by atoms with Crippen LogP contribution in [0.25, 0.3) is 0 Å². The third-order valence-electron chi connectivity index (χ3n) is 7.45. The molecule has 24 heavy (non-hydrogen) atoms. The number of hydrogen-bond donors (Lipinski definition) is 2. The SMILES string of the molecule is C#C[C@]1(O)[C@H](F)C[C@H]2[C@@H]3[C@H](C)Cc4cc(O)ccc4[C@H]3CC[C@@]21C. The summed E-state index contributed by atoms with van der Waals surface area (Å²) in [6.45, 7) is 4.21. The number of aliphatic hydroxyl groups is 1. The smallest absolute Gasteiger partial charge is 0.161 e. The van der Waals surface area contributed by atoms with Gasteiger partial charge in [0.25, 0.3) is 0 Å². The minimum atomic E-state index is -1.64. The van der Waals surface area contributed by atoms with E-state index in [0.29, 0.717) is 29.9 Å². The highest BCUT2D eigenvalue weighted by Crippen LogP contribution is 2.65. The molecule has 0 heterocycles. The minimum Gasteiger partial charge on any atom is -0.508 e. The van der Waals surface area contributed by atoms with Crippen LogP contribution in [-0.4, -0.2) is 22.0 Å². The molecule has 0 saturated heterocycles. The molecule has 0 amide bonds. The molecule has 3 heteroatoms. The lowest BCUT2D eigenvalue weighted by Gasteiger charge is -2.53. The van der Waals surface area contributed by atoms with Gasteiger partial charge in [0.1, 0.15) is 11.9 Å². The maximum Gasteiger partial charge on any atom is 0.161 e. The minimum absolute atomic E-state index is 0.101. The molecule has 2 N–H and O–H groups in total. The van der Waals surface area contributed by atoms with E-state index in [1.807, 2.05) is 19.1 Å². The number of rotatable bonds is 0. The van der Waals surface area contributed by atoms with Crippen LogP contribution in [0.4, 0.5) is 4.39 Å². The number of fused-ring (bicyclic) bond motifs is 5. The zero-order valence-electron chi connectivity index (χ0n) is 14.3. The molecule has 7 atom stereocenters. The van der Waals surface area contributed by atoms with Crippen molar-refractivity contribution in [2.24, 2.45) is 23.2 Å². The zero-order valence-corrected chi connectivity index (χ0v) is 14.3. The number of halogens is 1. The number of benzene rings is 1. The van der Waals surface area contributed by atoms with Crippen LogP contribution < -0.4 is 0 Å². The largest absolute Gasteiger partial charge is 0.508 e. The molecule has 0 unspecified atom stereocenters. The van der Waals surface area contributed by atoms with E-state index in [4.69, 9.17) is 6.42 Å². The van der Waals surface area contributed by atoms with Gasteiger partial charge in [0, 0.05) is 5.41 Å². The third kappa shape index (κ3) is 1.81. The van der Waals surface area contributed by atoms with Gasteiger partial charge in [-0.05, 0) is 72.6 Å². The van der Waals surface area contributed by atoms with Crippen molar-refractivity contribution in [2.45, 2.75) is 57.2 Å². The third-order valence-corrected chi connectivity index (χ3v) is 7.45. The predicted octanol–water partition coefficient (Wildman–Crippen LogP) is 3.81. The fourth-order valence-electron chi connectivity index (χ4n) is 6.21. The molecule has 1 aromatic carbocycles. The zero-order chi connectivity index (χ0) is 17.3. The lowest BCUT2D eigenvalue weighted by atomic mass is 9.51. The summed E-state index contributed by atoms with van der Waals surface area (Å²) in [5, 5.41) is 20.7. The summed E-state index contributed by atoms with van der Waals surface area (Å²) < 4.78 is 14.7. The summed E-state index contributed by atoms with van der Waals surface area (Å²) in [6, 6.07) is 5.66. The van der Waals surface area contributed by atoms with Gasteiger partial charge in [0.2, 0.25) is 0 Å². The van der Waals surface area contributed by atoms with E-state index in [1.165, 1.54) is 11.1 Å². The number of hydrogen-bond acceptors (Lipinski definition) is 2. The van der Waals surface area contributed by atoms with E-state index >= 15 is 0 Å². The number of phenols is 1. The maximum absolute atomic E-state index is 14.7. The van der Waals surface area contributed by atoms with E-state index in [2.05, 4.69) is 12.8 Å². The molecule has 2 nitrogen and oxygen atoms in total. The maximum atomic E-state index is 14.7. The number of alkyl halides is 1. The van der Waals surface area contributed by atoms with Gasteiger partial charge in [-0.25, -0.2) is 4.39 Å². The first-order valence-corrected chi connectivity index (χ1v) is 8.98. The molecule has 0 spiro atoms. The average Bonchev–Trinajstić information content (AvgIpc) is 2.75. The molecular weight excluding hydrogens is 303 g/mol. The average molecular weight is 328 g/mol. The summed E-state index contributed by atoms with van der Waals surface area (Å²) in [4.78, 5) is 0. The molecule has 0 bridgehead atoms. The van der Waals surface area contributed by atoms with Crippen LogP contribution in [0.2, 0.25) is 0 Å². The number of aromatic hydroxyl groups is 1. The fraction of sp³-hybridized carbons (Fsp3) is 0.619. The summed E-state index contributed by atoms with van der Waals surface area (Å²) in [5.74, 6) is 3.92. The van der Waals surface area contributed by atoms with E-state index in [9.17, 15) is 14.6 Å². The molecule has 0 aliphatic heterocycles. The first-order chi connectivity index (χ1) is 11.3. The first-order valence-electron chi connectivity index (χ1n) is 8.98. The Balaban J connectivity index is 1.79. The molecule has 128 valence electrons. The van der Waals surface area contributed by atoms with Gasteiger partial charge >= 0.3 is 0 Å². The van der Waals surface area contributed by atoms with E-state index < -0.39 is 17.2 Å². The van der Waals surface area contributed by atoms with Crippen LogP contribution in [0.15, 0.2) is 18.2 Å². The van der Waals surface area contributed by atoms with Gasteiger partial charge in [-0.2, -0.15) is 0 Å². The van der Waals surface area contributed by atoms with E-state index in [1.54, 1.807) is 6.07 Å². The van der Waals surface area contributed by atoms with Crippen LogP contribution in [0, 0.1) is 35.5 Å². The molecule has 0 radical (unpaired) electrons. The van der Waals surface area contributed by atoms with Crippen molar-refractivity contribution in [3.05, 3.63) is 29.3 Å². The Morgan fingerprint density at radius 3 is 2.83 bits per heavy atom. The second kappa shape index (κ2) is 4.99. The van der Waals surface area contributed by atoms with Gasteiger partial charge < -0.3 is 10.2 Å². The summed E-state index contributed by atoms with van der Waals surface area (Å²) in [7, 11) is 0. The van der Waals surface area contributed by atoms with Crippen molar-refractivity contribution < 1.29 is 14.6 Å². The lowest BCUT2D eigenvalue weighted by molar-refractivity contribution is -0.0905. The number of terminal acetylenes is 1. The Kier molecular flexibility index (Phi) is 3.32. The molecule has 4 rings (SSSR count). The standard InChI is InChI=1S/C21H25FO2/c1-4-21(24)18(22)11-17-19-12(2)9-13-10-14(23)5-6-15(13)16(19)7-8-20(17,21)3/h1,5-6,10,12,16-19,23-24H,7-9,11H2,2-3H3/t12-,16-,17+,18-,19-,20+,21+/m1/s1. The fourth-order valence-corrected chi connectivity index (χ4v) is 6.21. The molecule has 3 aliphatic carbocycles. The predicted molar refractivity (Wildman–Crippen MR) is 91.3 cm³/mol. The molecular formula is C21H25FO2. The molecule has 1 aromatic rings. The second-order valence-electron chi connectivity index (χ2n) is 8.42. The Morgan fingerprint density at radius 2 is 2.12 bits per heavy atom. The Hall–Kier alpha value is -1.53. The Bertz CT molecular complexity index is 723. The normalized spacial score (nSPS) is 46.5. The Labute approximate surface area is 143 Å². The van der Waals surface area contributed by atoms with E-state index in [0.717, 1.165) is 19.3 Å². The van der Waals surface area contributed by atoms with Crippen LogP contribution >= 0.6 is 0 Å². The van der Waals surface area contributed by atoms with Crippen LogP contribution in [0.5, 0.6) is 5.75 Å². The van der Waals surface area contributed by atoms with Crippen molar-refractivity contribution >= 4 is 0 Å².